The topological polar surface area (TPSA) is 76.1 Å². The minimum absolute atomic E-state index is 0.0955. The van der Waals surface area contributed by atoms with Crippen molar-refractivity contribution in [2.24, 2.45) is 0 Å². The maximum atomic E-state index is 13.1. The van der Waals surface area contributed by atoms with Crippen LogP contribution in [0.3, 0.4) is 0 Å². The van der Waals surface area contributed by atoms with Crippen LogP contribution in [0.25, 0.3) is 5.76 Å². The number of aliphatic hydroxyl groups excluding tert-OH is 1. The summed E-state index contributed by atoms with van der Waals surface area (Å²) in [6, 6.07) is 17.3. The first-order valence-corrected chi connectivity index (χ1v) is 11.6. The Kier molecular flexibility index (Phi) is 6.79. The number of benzene rings is 2. The number of ether oxygens (including phenoxy) is 2. The number of amides is 1. The Hall–Kier alpha value is -3.58. The maximum absolute atomic E-state index is 13.1. The molecule has 1 amide bonds. The molecule has 1 fully saturated rings. The van der Waals surface area contributed by atoms with Gasteiger partial charge in [-0.1, -0.05) is 25.1 Å². The average Bonchev–Trinajstić information content (AvgIpc) is 3.46. The van der Waals surface area contributed by atoms with Gasteiger partial charge < -0.3 is 19.5 Å². The van der Waals surface area contributed by atoms with E-state index in [-0.39, 0.29) is 17.9 Å². The van der Waals surface area contributed by atoms with Crippen LogP contribution in [0, 0.1) is 0 Å². The third kappa shape index (κ3) is 4.64. The van der Waals surface area contributed by atoms with Crippen LogP contribution >= 0.6 is 11.3 Å². The van der Waals surface area contributed by atoms with Crippen molar-refractivity contribution < 1.29 is 24.2 Å². The summed E-state index contributed by atoms with van der Waals surface area (Å²) in [5.41, 5.74) is 1.41. The largest absolute Gasteiger partial charge is 0.507 e. The van der Waals surface area contributed by atoms with Crippen LogP contribution < -0.4 is 9.47 Å². The van der Waals surface area contributed by atoms with E-state index in [1.165, 1.54) is 16.2 Å². The summed E-state index contributed by atoms with van der Waals surface area (Å²) in [6.07, 6.45) is 0.889. The fourth-order valence-corrected chi connectivity index (χ4v) is 4.64. The predicted molar refractivity (Wildman–Crippen MR) is 127 cm³/mol. The molecule has 1 aliphatic heterocycles. The van der Waals surface area contributed by atoms with Crippen LogP contribution in [0.15, 0.2) is 71.6 Å². The summed E-state index contributed by atoms with van der Waals surface area (Å²) < 4.78 is 10.8. The normalized spacial score (nSPS) is 17.4. The maximum Gasteiger partial charge on any atom is 0.295 e. The molecule has 6 nitrogen and oxygen atoms in total. The molecule has 33 heavy (non-hydrogen) atoms. The molecular weight excluding hydrogens is 438 g/mol. The van der Waals surface area contributed by atoms with Crippen molar-refractivity contribution in [1.29, 1.82) is 0 Å². The highest BCUT2D eigenvalue weighted by atomic mass is 32.1. The van der Waals surface area contributed by atoms with Crippen molar-refractivity contribution in [1.82, 2.24) is 4.90 Å². The summed E-state index contributed by atoms with van der Waals surface area (Å²) in [5, 5.41) is 13.0. The number of ketones is 1. The standard InChI is InChI=1S/C26H25NO5S/c1-3-14-32-20-12-8-18(9-13-20)24(28)22-23(21-5-4-15-33-21)27(26(30)25(22)29)16-17-6-10-19(31-2)11-7-17/h4-13,15,23,28H,3,14,16H2,1-2H3/b24-22-. The van der Waals surface area contributed by atoms with Crippen molar-refractivity contribution in [3.63, 3.8) is 0 Å². The molecule has 170 valence electrons. The molecule has 0 radical (unpaired) electrons. The van der Waals surface area contributed by atoms with Gasteiger partial charge in [-0.05, 0) is 59.8 Å². The molecule has 4 rings (SSSR count). The highest BCUT2D eigenvalue weighted by molar-refractivity contribution is 7.10. The molecule has 1 saturated heterocycles. The Morgan fingerprint density at radius 2 is 1.73 bits per heavy atom. The molecule has 1 atom stereocenters. The van der Waals surface area contributed by atoms with Crippen LogP contribution in [0.5, 0.6) is 11.5 Å². The van der Waals surface area contributed by atoms with Gasteiger partial charge in [0.15, 0.2) is 0 Å². The van der Waals surface area contributed by atoms with Gasteiger partial charge in [-0.2, -0.15) is 0 Å². The van der Waals surface area contributed by atoms with Crippen LogP contribution in [0.1, 0.15) is 35.4 Å². The molecule has 0 saturated carbocycles. The van der Waals surface area contributed by atoms with E-state index in [2.05, 4.69) is 0 Å². The van der Waals surface area contributed by atoms with Crippen molar-refractivity contribution in [2.75, 3.05) is 13.7 Å². The Balaban J connectivity index is 1.71. The van der Waals surface area contributed by atoms with Gasteiger partial charge in [0.1, 0.15) is 17.3 Å². The lowest BCUT2D eigenvalue weighted by molar-refractivity contribution is -0.140. The molecule has 1 unspecified atom stereocenters. The van der Waals surface area contributed by atoms with E-state index in [0.29, 0.717) is 23.7 Å². The van der Waals surface area contributed by atoms with E-state index in [0.717, 1.165) is 16.9 Å². The third-order valence-corrected chi connectivity index (χ3v) is 6.39. The van der Waals surface area contributed by atoms with E-state index in [1.807, 2.05) is 48.7 Å². The smallest absolute Gasteiger partial charge is 0.295 e. The summed E-state index contributed by atoms with van der Waals surface area (Å²) in [6.45, 7) is 2.85. The zero-order valence-electron chi connectivity index (χ0n) is 18.5. The highest BCUT2D eigenvalue weighted by Gasteiger charge is 2.46. The zero-order valence-corrected chi connectivity index (χ0v) is 19.3. The number of hydrogen-bond donors (Lipinski definition) is 1. The second kappa shape index (κ2) is 9.92. The first-order valence-electron chi connectivity index (χ1n) is 10.7. The van der Waals surface area contributed by atoms with Gasteiger partial charge in [0.2, 0.25) is 0 Å². The number of thiophene rings is 1. The number of nitrogens with zero attached hydrogens (tertiary/aromatic N) is 1. The fraction of sp³-hybridized carbons (Fsp3) is 0.231. The molecule has 2 aromatic carbocycles. The van der Waals surface area contributed by atoms with E-state index >= 15 is 0 Å². The minimum atomic E-state index is -0.689. The van der Waals surface area contributed by atoms with Crippen LogP contribution in [-0.2, 0) is 16.1 Å². The number of carbonyl (C=O) groups excluding carboxylic acids is 2. The van der Waals surface area contributed by atoms with Gasteiger partial charge >= 0.3 is 0 Å². The Morgan fingerprint density at radius 1 is 1.03 bits per heavy atom. The van der Waals surface area contributed by atoms with Gasteiger partial charge in [-0.15, -0.1) is 11.3 Å². The number of rotatable bonds is 8. The molecule has 7 heteroatoms. The summed E-state index contributed by atoms with van der Waals surface area (Å²) in [7, 11) is 1.59. The van der Waals surface area contributed by atoms with Crippen molar-refractivity contribution in [3.8, 4) is 11.5 Å². The number of carbonyl (C=O) groups is 2. The first kappa shape index (κ1) is 22.6. The lowest BCUT2D eigenvalue weighted by Crippen LogP contribution is -2.28. The molecule has 1 N–H and O–H groups in total. The van der Waals surface area contributed by atoms with Crippen molar-refractivity contribution in [3.05, 3.63) is 87.6 Å². The Bertz CT molecular complexity index is 1150. The van der Waals surface area contributed by atoms with Gasteiger partial charge in [0.05, 0.1) is 25.3 Å². The number of aliphatic hydroxyl groups is 1. The lowest BCUT2D eigenvalue weighted by atomic mass is 9.99. The number of likely N-dealkylation sites (tertiary alicyclic amines) is 1. The zero-order chi connectivity index (χ0) is 23.4. The van der Waals surface area contributed by atoms with Crippen molar-refractivity contribution >= 4 is 28.8 Å². The van der Waals surface area contributed by atoms with Gasteiger partial charge in [-0.25, -0.2) is 0 Å². The molecule has 3 aromatic rings. The summed E-state index contributed by atoms with van der Waals surface area (Å²) in [4.78, 5) is 28.5. The molecule has 0 bridgehead atoms. The molecule has 1 aliphatic rings. The van der Waals surface area contributed by atoms with E-state index < -0.39 is 17.7 Å². The monoisotopic (exact) mass is 463 g/mol. The third-order valence-electron chi connectivity index (χ3n) is 5.47. The second-order valence-corrected chi connectivity index (χ2v) is 8.64. The van der Waals surface area contributed by atoms with Gasteiger partial charge in [0, 0.05) is 17.0 Å². The number of methoxy groups -OCH3 is 1. The predicted octanol–water partition coefficient (Wildman–Crippen LogP) is 5.17. The van der Waals surface area contributed by atoms with E-state index in [4.69, 9.17) is 9.47 Å². The van der Waals surface area contributed by atoms with E-state index in [1.54, 1.807) is 31.4 Å². The highest BCUT2D eigenvalue weighted by Crippen LogP contribution is 2.42. The van der Waals surface area contributed by atoms with Crippen LogP contribution in [0.2, 0.25) is 0 Å². The molecule has 2 heterocycles. The van der Waals surface area contributed by atoms with E-state index in [9.17, 15) is 14.7 Å². The molecular formula is C26H25NO5S. The van der Waals surface area contributed by atoms with Gasteiger partial charge in [0.25, 0.3) is 11.7 Å². The molecule has 1 aromatic heterocycles. The second-order valence-electron chi connectivity index (χ2n) is 7.66. The van der Waals surface area contributed by atoms with Crippen LogP contribution in [-0.4, -0.2) is 35.4 Å². The molecule has 0 spiro atoms. The fourth-order valence-electron chi connectivity index (χ4n) is 3.80. The lowest BCUT2D eigenvalue weighted by Gasteiger charge is -2.24. The quantitative estimate of drug-likeness (QED) is 0.283. The van der Waals surface area contributed by atoms with Gasteiger partial charge in [-0.3, -0.25) is 9.59 Å². The Morgan fingerprint density at radius 3 is 2.33 bits per heavy atom. The number of hydrogen-bond acceptors (Lipinski definition) is 6. The summed E-state index contributed by atoms with van der Waals surface area (Å²) in [5.74, 6) is -0.115. The SMILES string of the molecule is CCCOc1ccc(/C(O)=C2/C(=O)C(=O)N(Cc3ccc(OC)cc3)C2c2cccs2)cc1. The summed E-state index contributed by atoms with van der Waals surface area (Å²) >= 11 is 1.44. The average molecular weight is 464 g/mol. The Labute approximate surface area is 196 Å². The number of Topliss-reactive ketones (excluding diaryl/α,β-unsaturated/α-hetero) is 1. The molecule has 0 aliphatic carbocycles. The van der Waals surface area contributed by atoms with Crippen LogP contribution in [0.4, 0.5) is 0 Å². The first-order chi connectivity index (χ1) is 16.0. The minimum Gasteiger partial charge on any atom is -0.507 e. The van der Waals surface area contributed by atoms with Crippen molar-refractivity contribution in [2.45, 2.75) is 25.9 Å².